The van der Waals surface area contributed by atoms with Crippen molar-refractivity contribution in [2.45, 2.75) is 219 Å². The first-order valence-electron chi connectivity index (χ1n) is 23.5. The standard InChI is InChI=1S/C49H89NO7/c1-6-8-10-12-14-16-18-20-22-23-24-26-28-30-32-34-36-38-40-48(52)57-45(43-55-42-41-46(49(53)54)50(3,4)5)44-56-47(51)39-37-35-33-31-29-27-25-21-19-17-15-13-11-9-7-2/h9,11,13,15,17,19,45-46H,6-8,10,12,14,16,18,20-44H2,1-5H3/b11-9+,15-13+,19-17+. The Morgan fingerprint density at radius 2 is 0.982 bits per heavy atom. The molecule has 57 heavy (non-hydrogen) atoms. The van der Waals surface area contributed by atoms with Gasteiger partial charge in [0.25, 0.3) is 0 Å². The fourth-order valence-electron chi connectivity index (χ4n) is 6.95. The number of allylic oxidation sites excluding steroid dienone is 6. The number of quaternary nitrogens is 1. The van der Waals surface area contributed by atoms with Crippen molar-refractivity contribution in [3.63, 3.8) is 0 Å². The van der Waals surface area contributed by atoms with E-state index in [2.05, 4.69) is 50.3 Å². The fraction of sp³-hybridized carbons (Fsp3) is 0.816. The highest BCUT2D eigenvalue weighted by molar-refractivity contribution is 5.70. The second-order valence-electron chi connectivity index (χ2n) is 17.0. The lowest BCUT2D eigenvalue weighted by atomic mass is 10.0. The van der Waals surface area contributed by atoms with Crippen molar-refractivity contribution < 1.29 is 38.2 Å². The van der Waals surface area contributed by atoms with Crippen LogP contribution in [0.1, 0.15) is 206 Å². The summed E-state index contributed by atoms with van der Waals surface area (Å²) in [5.41, 5.74) is 0. The van der Waals surface area contributed by atoms with Gasteiger partial charge in [-0.3, -0.25) is 9.59 Å². The highest BCUT2D eigenvalue weighted by Crippen LogP contribution is 2.16. The molecule has 0 aliphatic rings. The lowest BCUT2D eigenvalue weighted by Crippen LogP contribution is -2.55. The molecule has 0 aliphatic heterocycles. The van der Waals surface area contributed by atoms with Gasteiger partial charge in [0.05, 0.1) is 40.3 Å². The molecule has 0 saturated heterocycles. The lowest BCUT2D eigenvalue weighted by molar-refractivity contribution is -0.889. The van der Waals surface area contributed by atoms with E-state index in [9.17, 15) is 19.5 Å². The third-order valence-corrected chi connectivity index (χ3v) is 10.6. The number of ether oxygens (including phenoxy) is 3. The number of likely N-dealkylation sites (N-methyl/N-ethyl adjacent to an activating group) is 1. The first kappa shape index (κ1) is 54.6. The zero-order valence-electron chi connectivity index (χ0n) is 37.8. The molecule has 0 aromatic heterocycles. The van der Waals surface area contributed by atoms with Crippen molar-refractivity contribution in [2.24, 2.45) is 0 Å². The SMILES string of the molecule is CC/C=C/C=C/C=C/CCCCCCCCCC(=O)OCC(COCCC(C(=O)[O-])[N+](C)(C)C)OC(=O)CCCCCCCCCCCCCCCCCCCC. The van der Waals surface area contributed by atoms with Gasteiger partial charge in [0.2, 0.25) is 0 Å². The molecule has 0 rings (SSSR count). The van der Waals surface area contributed by atoms with Gasteiger partial charge in [0, 0.05) is 19.3 Å². The minimum absolute atomic E-state index is 0.0395. The van der Waals surface area contributed by atoms with Gasteiger partial charge in [-0.25, -0.2) is 0 Å². The first-order valence-corrected chi connectivity index (χ1v) is 23.5. The molecule has 0 fully saturated rings. The molecular weight excluding hydrogens is 715 g/mol. The number of unbranched alkanes of at least 4 members (excludes halogenated alkanes) is 24. The summed E-state index contributed by atoms with van der Waals surface area (Å²) < 4.78 is 17.2. The number of nitrogens with zero attached hydrogens (tertiary/aromatic N) is 1. The lowest BCUT2D eigenvalue weighted by Gasteiger charge is -2.34. The van der Waals surface area contributed by atoms with Crippen molar-refractivity contribution in [1.82, 2.24) is 0 Å². The Morgan fingerprint density at radius 3 is 1.44 bits per heavy atom. The van der Waals surface area contributed by atoms with E-state index >= 15 is 0 Å². The molecule has 8 heteroatoms. The molecular formula is C49H89NO7. The van der Waals surface area contributed by atoms with Gasteiger partial charge in [-0.15, -0.1) is 0 Å². The Kier molecular flexibility index (Phi) is 38.6. The summed E-state index contributed by atoms with van der Waals surface area (Å²) in [5, 5.41) is 11.6. The minimum Gasteiger partial charge on any atom is -0.544 e. The summed E-state index contributed by atoms with van der Waals surface area (Å²) in [6.45, 7) is 4.54. The number of aliphatic carboxylic acids is 1. The Hall–Kier alpha value is -2.45. The van der Waals surface area contributed by atoms with Crippen LogP contribution in [0.25, 0.3) is 0 Å². The molecule has 0 aromatic carbocycles. The van der Waals surface area contributed by atoms with Crippen molar-refractivity contribution in [3.8, 4) is 0 Å². The van der Waals surface area contributed by atoms with Crippen LogP contribution in [0, 0.1) is 0 Å². The molecule has 0 heterocycles. The number of carbonyl (C=O) groups excluding carboxylic acids is 3. The quantitative estimate of drug-likeness (QED) is 0.0262. The topological polar surface area (TPSA) is 102 Å². The van der Waals surface area contributed by atoms with Gasteiger partial charge in [0.1, 0.15) is 12.6 Å². The minimum atomic E-state index is -1.13. The van der Waals surface area contributed by atoms with E-state index in [0.29, 0.717) is 12.8 Å². The maximum Gasteiger partial charge on any atom is 0.306 e. The van der Waals surface area contributed by atoms with Crippen LogP contribution in [0.4, 0.5) is 0 Å². The molecule has 0 radical (unpaired) electrons. The third-order valence-electron chi connectivity index (χ3n) is 10.6. The Balaban J connectivity index is 4.28. The summed E-state index contributed by atoms with van der Waals surface area (Å²) in [6, 6.07) is -0.726. The van der Waals surface area contributed by atoms with Crippen LogP contribution in [0.2, 0.25) is 0 Å². The summed E-state index contributed by atoms with van der Waals surface area (Å²) in [5.74, 6) is -1.74. The molecule has 332 valence electrons. The van der Waals surface area contributed by atoms with Gasteiger partial charge in [-0.1, -0.05) is 192 Å². The van der Waals surface area contributed by atoms with Crippen molar-refractivity contribution >= 4 is 17.9 Å². The molecule has 2 unspecified atom stereocenters. The van der Waals surface area contributed by atoms with E-state index in [1.54, 1.807) is 21.1 Å². The van der Waals surface area contributed by atoms with E-state index in [0.717, 1.165) is 51.4 Å². The van der Waals surface area contributed by atoms with Crippen LogP contribution in [0.15, 0.2) is 36.5 Å². The molecule has 0 spiro atoms. The number of hydrogen-bond acceptors (Lipinski definition) is 7. The maximum atomic E-state index is 12.7. The monoisotopic (exact) mass is 804 g/mol. The Labute approximate surface area is 351 Å². The second-order valence-corrected chi connectivity index (χ2v) is 17.0. The van der Waals surface area contributed by atoms with Crippen LogP contribution in [-0.4, -0.2) is 75.5 Å². The highest BCUT2D eigenvalue weighted by Gasteiger charge is 2.25. The van der Waals surface area contributed by atoms with Gasteiger partial charge in [-0.2, -0.15) is 0 Å². The van der Waals surface area contributed by atoms with Crippen molar-refractivity contribution in [2.75, 3.05) is 41.0 Å². The summed E-state index contributed by atoms with van der Waals surface area (Å²) >= 11 is 0. The molecule has 0 aliphatic carbocycles. The van der Waals surface area contributed by atoms with E-state index < -0.39 is 18.1 Å². The summed E-state index contributed by atoms with van der Waals surface area (Å²) in [6.07, 6.45) is 45.9. The van der Waals surface area contributed by atoms with Gasteiger partial charge in [0.15, 0.2) is 6.10 Å². The van der Waals surface area contributed by atoms with Gasteiger partial charge >= 0.3 is 11.9 Å². The van der Waals surface area contributed by atoms with Crippen LogP contribution >= 0.6 is 0 Å². The largest absolute Gasteiger partial charge is 0.544 e. The predicted molar refractivity (Wildman–Crippen MR) is 236 cm³/mol. The number of hydrogen-bond donors (Lipinski definition) is 0. The third kappa shape index (κ3) is 38.8. The average Bonchev–Trinajstić information content (AvgIpc) is 3.17. The smallest absolute Gasteiger partial charge is 0.306 e. The van der Waals surface area contributed by atoms with E-state index in [1.807, 2.05) is 0 Å². The zero-order valence-corrected chi connectivity index (χ0v) is 37.8. The number of carboxylic acids is 1. The molecule has 2 atom stereocenters. The van der Waals surface area contributed by atoms with Crippen LogP contribution < -0.4 is 5.11 Å². The number of carbonyl (C=O) groups is 3. The summed E-state index contributed by atoms with van der Waals surface area (Å²) in [4.78, 5) is 36.9. The Morgan fingerprint density at radius 1 is 0.544 bits per heavy atom. The van der Waals surface area contributed by atoms with Crippen LogP contribution in [0.3, 0.4) is 0 Å². The highest BCUT2D eigenvalue weighted by atomic mass is 16.6. The molecule has 0 bridgehead atoms. The number of carboxylic acid groups (broad SMARTS) is 1. The number of rotatable bonds is 42. The van der Waals surface area contributed by atoms with Crippen LogP contribution in [0.5, 0.6) is 0 Å². The number of esters is 2. The average molecular weight is 804 g/mol. The maximum absolute atomic E-state index is 12.7. The van der Waals surface area contributed by atoms with Crippen molar-refractivity contribution in [1.29, 1.82) is 0 Å². The fourth-order valence-corrected chi connectivity index (χ4v) is 6.95. The molecule has 0 N–H and O–H groups in total. The van der Waals surface area contributed by atoms with Gasteiger partial charge < -0.3 is 28.6 Å². The van der Waals surface area contributed by atoms with E-state index in [1.165, 1.54) is 122 Å². The second kappa shape index (κ2) is 40.3. The molecule has 0 aromatic rings. The van der Waals surface area contributed by atoms with E-state index in [4.69, 9.17) is 14.2 Å². The van der Waals surface area contributed by atoms with E-state index in [-0.39, 0.29) is 42.7 Å². The van der Waals surface area contributed by atoms with Gasteiger partial charge in [-0.05, 0) is 32.1 Å². The van der Waals surface area contributed by atoms with Crippen molar-refractivity contribution in [3.05, 3.63) is 36.5 Å². The first-order chi connectivity index (χ1) is 27.6. The molecule has 0 amide bonds. The predicted octanol–water partition coefficient (Wildman–Crippen LogP) is 11.7. The molecule has 8 nitrogen and oxygen atoms in total. The zero-order chi connectivity index (χ0) is 42.1. The Bertz CT molecular complexity index is 1030. The molecule has 0 saturated carbocycles. The normalized spacial score (nSPS) is 13.2. The summed E-state index contributed by atoms with van der Waals surface area (Å²) in [7, 11) is 5.41. The van der Waals surface area contributed by atoms with Crippen LogP contribution in [-0.2, 0) is 28.6 Å².